The van der Waals surface area contributed by atoms with Crippen LogP contribution in [0, 0.1) is 6.92 Å². The second-order valence-corrected chi connectivity index (χ2v) is 8.43. The highest BCUT2D eigenvalue weighted by molar-refractivity contribution is 7.20. The molecule has 1 aromatic heterocycles. The molecular weight excluding hydrogens is 428 g/mol. The Hall–Kier alpha value is -4.03. The monoisotopic (exact) mass is 452 g/mol. The van der Waals surface area contributed by atoms with Crippen LogP contribution in [0.1, 0.15) is 16.7 Å². The maximum absolute atomic E-state index is 12.7. The van der Waals surface area contributed by atoms with Crippen LogP contribution in [0.4, 0.5) is 10.1 Å². The summed E-state index contributed by atoms with van der Waals surface area (Å²) in [4.78, 5) is 17.4. The number of rotatable bonds is 8. The topological polar surface area (TPSA) is 66.4 Å². The van der Waals surface area contributed by atoms with E-state index in [-0.39, 0.29) is 5.91 Å². The standard InChI is InChI=1S/C27H24N4OS/c1-20-14-16-23(17-15-20)25-26(29-24(32)19-22-11-6-3-7-12-22)33-27(30-25)31-28-18-8-13-21-9-4-2-5-10-21/h2-18H,19H2,1H3,(H,29,32)(H,30,31)/b13-8+,28-18+. The molecule has 0 fully saturated rings. The predicted octanol–water partition coefficient (Wildman–Crippen LogP) is 6.41. The number of allylic oxidation sites excluding steroid dienone is 1. The van der Waals surface area contributed by atoms with E-state index >= 15 is 0 Å². The summed E-state index contributed by atoms with van der Waals surface area (Å²) in [6.07, 6.45) is 5.81. The van der Waals surface area contributed by atoms with Crippen LogP contribution in [-0.2, 0) is 11.2 Å². The number of anilines is 2. The first-order valence-corrected chi connectivity index (χ1v) is 11.4. The van der Waals surface area contributed by atoms with Crippen molar-refractivity contribution in [2.45, 2.75) is 13.3 Å². The lowest BCUT2D eigenvalue weighted by atomic mass is 10.1. The molecule has 4 rings (SSSR count). The Morgan fingerprint density at radius 3 is 2.39 bits per heavy atom. The molecule has 0 radical (unpaired) electrons. The Morgan fingerprint density at radius 2 is 1.67 bits per heavy atom. The lowest BCUT2D eigenvalue weighted by molar-refractivity contribution is -0.115. The van der Waals surface area contributed by atoms with E-state index in [9.17, 15) is 4.79 Å². The molecule has 1 heterocycles. The van der Waals surface area contributed by atoms with E-state index in [1.165, 1.54) is 11.3 Å². The lowest BCUT2D eigenvalue weighted by Crippen LogP contribution is -2.14. The molecule has 0 spiro atoms. The van der Waals surface area contributed by atoms with E-state index in [4.69, 9.17) is 0 Å². The lowest BCUT2D eigenvalue weighted by Gasteiger charge is -2.06. The molecule has 0 saturated carbocycles. The van der Waals surface area contributed by atoms with Crippen molar-refractivity contribution in [2.75, 3.05) is 10.7 Å². The molecule has 0 saturated heterocycles. The Kier molecular flexibility index (Phi) is 7.40. The largest absolute Gasteiger partial charge is 0.316 e. The summed E-state index contributed by atoms with van der Waals surface area (Å²) in [5.41, 5.74) is 7.86. The van der Waals surface area contributed by atoms with Crippen molar-refractivity contribution in [1.82, 2.24) is 4.98 Å². The fourth-order valence-electron chi connectivity index (χ4n) is 3.17. The average Bonchev–Trinajstić information content (AvgIpc) is 3.23. The third-order valence-electron chi connectivity index (χ3n) is 4.82. The van der Waals surface area contributed by atoms with Crippen LogP contribution in [0.3, 0.4) is 0 Å². The molecule has 4 aromatic rings. The summed E-state index contributed by atoms with van der Waals surface area (Å²) >= 11 is 1.36. The van der Waals surface area contributed by atoms with E-state index in [2.05, 4.69) is 20.8 Å². The Morgan fingerprint density at radius 1 is 0.970 bits per heavy atom. The van der Waals surface area contributed by atoms with Crippen molar-refractivity contribution in [2.24, 2.45) is 5.10 Å². The summed E-state index contributed by atoms with van der Waals surface area (Å²) in [5, 5.41) is 8.56. The summed E-state index contributed by atoms with van der Waals surface area (Å²) in [7, 11) is 0. The van der Waals surface area contributed by atoms with Gasteiger partial charge in [-0.2, -0.15) is 5.10 Å². The molecular formula is C27H24N4OS. The minimum absolute atomic E-state index is 0.0842. The van der Waals surface area contributed by atoms with Gasteiger partial charge in [0.25, 0.3) is 0 Å². The fourth-order valence-corrected chi connectivity index (χ4v) is 4.02. The molecule has 1 amide bonds. The number of hydrogen-bond acceptors (Lipinski definition) is 5. The van der Waals surface area contributed by atoms with Gasteiger partial charge in [-0.1, -0.05) is 108 Å². The van der Waals surface area contributed by atoms with Gasteiger partial charge in [-0.15, -0.1) is 0 Å². The predicted molar refractivity (Wildman–Crippen MR) is 139 cm³/mol. The van der Waals surface area contributed by atoms with E-state index in [0.29, 0.717) is 16.6 Å². The minimum Gasteiger partial charge on any atom is -0.316 e. The number of hydrazone groups is 1. The van der Waals surface area contributed by atoms with Gasteiger partial charge in [-0.25, -0.2) is 4.98 Å². The molecule has 3 aromatic carbocycles. The van der Waals surface area contributed by atoms with Crippen LogP contribution >= 0.6 is 11.3 Å². The van der Waals surface area contributed by atoms with Gasteiger partial charge in [0.1, 0.15) is 10.7 Å². The number of nitrogens with one attached hydrogen (secondary N) is 2. The quantitative estimate of drug-likeness (QED) is 0.240. The van der Waals surface area contributed by atoms with Crippen molar-refractivity contribution in [3.8, 4) is 11.3 Å². The molecule has 0 aliphatic heterocycles. The Balaban J connectivity index is 1.49. The van der Waals surface area contributed by atoms with Gasteiger partial charge in [0, 0.05) is 11.8 Å². The molecule has 5 nitrogen and oxygen atoms in total. The van der Waals surface area contributed by atoms with Gasteiger partial charge in [-0.05, 0) is 24.1 Å². The molecule has 0 unspecified atom stereocenters. The van der Waals surface area contributed by atoms with Crippen molar-refractivity contribution in [3.63, 3.8) is 0 Å². The van der Waals surface area contributed by atoms with Crippen molar-refractivity contribution in [1.29, 1.82) is 0 Å². The summed E-state index contributed by atoms with van der Waals surface area (Å²) in [6.45, 7) is 2.04. The molecule has 164 valence electrons. The average molecular weight is 453 g/mol. The number of aryl methyl sites for hydroxylation is 1. The van der Waals surface area contributed by atoms with Crippen molar-refractivity contribution < 1.29 is 4.79 Å². The van der Waals surface area contributed by atoms with E-state index in [1.807, 2.05) is 104 Å². The number of carbonyl (C=O) groups is 1. The van der Waals surface area contributed by atoms with Gasteiger partial charge in [0.05, 0.1) is 6.42 Å². The molecule has 0 atom stereocenters. The smallest absolute Gasteiger partial charge is 0.229 e. The molecule has 6 heteroatoms. The third kappa shape index (κ3) is 6.48. The van der Waals surface area contributed by atoms with Crippen LogP contribution in [-0.4, -0.2) is 17.1 Å². The zero-order chi connectivity index (χ0) is 22.9. The van der Waals surface area contributed by atoms with Gasteiger partial charge in [0.2, 0.25) is 11.0 Å². The molecule has 33 heavy (non-hydrogen) atoms. The molecule has 2 N–H and O–H groups in total. The number of benzene rings is 3. The van der Waals surface area contributed by atoms with Crippen LogP contribution in [0.2, 0.25) is 0 Å². The highest BCUT2D eigenvalue weighted by Crippen LogP contribution is 2.36. The van der Waals surface area contributed by atoms with E-state index in [0.717, 1.165) is 27.9 Å². The van der Waals surface area contributed by atoms with Gasteiger partial charge < -0.3 is 5.32 Å². The summed E-state index contributed by atoms with van der Waals surface area (Å²) in [6, 6.07) is 27.8. The number of thiazole rings is 1. The Labute approximate surface area is 197 Å². The zero-order valence-corrected chi connectivity index (χ0v) is 19.0. The molecule has 0 aliphatic rings. The van der Waals surface area contributed by atoms with E-state index < -0.39 is 0 Å². The second-order valence-electron chi connectivity index (χ2n) is 7.43. The number of amides is 1. The van der Waals surface area contributed by atoms with Crippen LogP contribution < -0.4 is 10.7 Å². The normalized spacial score (nSPS) is 11.2. The third-order valence-corrected chi connectivity index (χ3v) is 5.70. The second kappa shape index (κ2) is 11.0. The van der Waals surface area contributed by atoms with Gasteiger partial charge >= 0.3 is 0 Å². The maximum atomic E-state index is 12.7. The van der Waals surface area contributed by atoms with Gasteiger partial charge in [0.15, 0.2) is 0 Å². The first-order chi connectivity index (χ1) is 16.2. The molecule has 0 bridgehead atoms. The number of hydrogen-bond donors (Lipinski definition) is 2. The number of aromatic nitrogens is 1. The van der Waals surface area contributed by atoms with Crippen LogP contribution in [0.5, 0.6) is 0 Å². The summed E-state index contributed by atoms with van der Waals surface area (Å²) < 4.78 is 0. The zero-order valence-electron chi connectivity index (χ0n) is 18.2. The van der Waals surface area contributed by atoms with Gasteiger partial charge in [-0.3, -0.25) is 10.2 Å². The van der Waals surface area contributed by atoms with Crippen molar-refractivity contribution in [3.05, 3.63) is 108 Å². The first kappa shape index (κ1) is 22.2. The van der Waals surface area contributed by atoms with E-state index in [1.54, 1.807) is 6.21 Å². The van der Waals surface area contributed by atoms with Crippen LogP contribution in [0.25, 0.3) is 17.3 Å². The first-order valence-electron chi connectivity index (χ1n) is 10.6. The maximum Gasteiger partial charge on any atom is 0.229 e. The number of nitrogens with zero attached hydrogens (tertiary/aromatic N) is 2. The highest BCUT2D eigenvalue weighted by Gasteiger charge is 2.16. The Bertz CT molecular complexity index is 1250. The van der Waals surface area contributed by atoms with Crippen LogP contribution in [0.15, 0.2) is 96.1 Å². The summed E-state index contributed by atoms with van der Waals surface area (Å²) in [5.74, 6) is -0.0842. The SMILES string of the molecule is Cc1ccc(-c2nc(N/N=C/C=C/c3ccccc3)sc2NC(=O)Cc2ccccc2)cc1. The molecule has 0 aliphatic carbocycles. The minimum atomic E-state index is -0.0842. The fraction of sp³-hybridized carbons (Fsp3) is 0.0741. The van der Waals surface area contributed by atoms with Crippen molar-refractivity contribution >= 4 is 39.7 Å². The number of carbonyl (C=O) groups excluding carboxylic acids is 1. The highest BCUT2D eigenvalue weighted by atomic mass is 32.1.